The van der Waals surface area contributed by atoms with E-state index in [9.17, 15) is 14.4 Å². The number of carbonyl (C=O) groups excluding carboxylic acids is 3. The molecule has 7 heteroatoms. The summed E-state index contributed by atoms with van der Waals surface area (Å²) in [5, 5.41) is 2.35. The number of morpholine rings is 1. The summed E-state index contributed by atoms with van der Waals surface area (Å²) in [7, 11) is 0. The molecule has 0 unspecified atom stereocenters. The van der Waals surface area contributed by atoms with Crippen LogP contribution in [-0.2, 0) is 19.1 Å². The van der Waals surface area contributed by atoms with Crippen LogP contribution in [-0.4, -0.2) is 54.7 Å². The second-order valence-corrected chi connectivity index (χ2v) is 4.89. The van der Waals surface area contributed by atoms with Gasteiger partial charge in [0.2, 0.25) is 5.91 Å². The minimum Gasteiger partial charge on any atom is -0.462 e. The van der Waals surface area contributed by atoms with E-state index in [4.69, 9.17) is 9.47 Å². The van der Waals surface area contributed by atoms with E-state index in [0.29, 0.717) is 6.54 Å². The van der Waals surface area contributed by atoms with Crippen molar-refractivity contribution >= 4 is 18.0 Å². The molecule has 1 fully saturated rings. The lowest BCUT2D eigenvalue weighted by molar-refractivity contribution is -0.156. The molecule has 1 aliphatic heterocycles. The first-order chi connectivity index (χ1) is 8.28. The van der Waals surface area contributed by atoms with E-state index < -0.39 is 17.7 Å². The van der Waals surface area contributed by atoms with Crippen LogP contribution in [0, 0.1) is 0 Å². The largest absolute Gasteiger partial charge is 0.462 e. The monoisotopic (exact) mass is 258 g/mol. The second kappa shape index (κ2) is 5.70. The lowest BCUT2D eigenvalue weighted by Gasteiger charge is -2.26. The van der Waals surface area contributed by atoms with Crippen molar-refractivity contribution in [3.63, 3.8) is 0 Å². The maximum absolute atomic E-state index is 11.7. The van der Waals surface area contributed by atoms with Crippen molar-refractivity contribution in [3.8, 4) is 0 Å². The first-order valence-corrected chi connectivity index (χ1v) is 5.68. The quantitative estimate of drug-likeness (QED) is 0.699. The number of ether oxygens (including phenoxy) is 2. The van der Waals surface area contributed by atoms with Crippen molar-refractivity contribution in [1.29, 1.82) is 0 Å². The highest BCUT2D eigenvalue weighted by Crippen LogP contribution is 2.06. The van der Waals surface area contributed by atoms with E-state index in [0.717, 1.165) is 0 Å². The fourth-order valence-corrected chi connectivity index (χ4v) is 1.34. The Balaban J connectivity index is 2.32. The van der Waals surface area contributed by atoms with E-state index in [-0.39, 0.29) is 25.6 Å². The Bertz CT molecular complexity index is 348. The Labute approximate surface area is 105 Å². The first-order valence-electron chi connectivity index (χ1n) is 5.68. The smallest absolute Gasteiger partial charge is 0.408 e. The van der Waals surface area contributed by atoms with Crippen LogP contribution < -0.4 is 5.32 Å². The Morgan fingerprint density at radius 1 is 1.44 bits per heavy atom. The number of hydrogen-bond donors (Lipinski definition) is 1. The van der Waals surface area contributed by atoms with E-state index >= 15 is 0 Å². The van der Waals surface area contributed by atoms with Crippen LogP contribution in [0.25, 0.3) is 0 Å². The minimum atomic E-state index is -0.657. The average molecular weight is 258 g/mol. The number of esters is 1. The van der Waals surface area contributed by atoms with Crippen LogP contribution in [0.1, 0.15) is 20.8 Å². The first kappa shape index (κ1) is 14.3. The highest BCUT2D eigenvalue weighted by atomic mass is 16.6. The molecule has 0 bridgehead atoms. The summed E-state index contributed by atoms with van der Waals surface area (Å²) in [5.41, 5.74) is -0.609. The van der Waals surface area contributed by atoms with Crippen molar-refractivity contribution in [2.24, 2.45) is 0 Å². The molecule has 1 heterocycles. The second-order valence-electron chi connectivity index (χ2n) is 4.89. The molecule has 0 radical (unpaired) electrons. The third-order valence-corrected chi connectivity index (χ3v) is 2.08. The number of nitrogens with one attached hydrogen (secondary N) is 1. The standard InChI is InChI=1S/C11H18N2O5/c1-11(2,3)18-10(16)12-6-8(14)13-4-5-17-9(15)7-13/h4-7H2,1-3H3,(H,12,16). The van der Waals surface area contributed by atoms with Gasteiger partial charge in [-0.25, -0.2) is 4.79 Å². The van der Waals surface area contributed by atoms with Gasteiger partial charge in [-0.15, -0.1) is 0 Å². The summed E-state index contributed by atoms with van der Waals surface area (Å²) in [6.07, 6.45) is -0.657. The zero-order valence-corrected chi connectivity index (χ0v) is 10.8. The van der Waals surface area contributed by atoms with Crippen LogP contribution in [0.5, 0.6) is 0 Å². The molecular weight excluding hydrogens is 240 g/mol. The van der Waals surface area contributed by atoms with Crippen LogP contribution in [0.15, 0.2) is 0 Å². The summed E-state index contributed by atoms with van der Waals surface area (Å²) in [5.74, 6) is -0.774. The molecular formula is C11H18N2O5. The molecule has 0 atom stereocenters. The maximum Gasteiger partial charge on any atom is 0.408 e. The Morgan fingerprint density at radius 3 is 2.67 bits per heavy atom. The number of alkyl carbamates (subject to hydrolysis) is 1. The fraction of sp³-hybridized carbons (Fsp3) is 0.727. The SMILES string of the molecule is CC(C)(C)OC(=O)NCC(=O)N1CCOC(=O)C1. The fourth-order valence-electron chi connectivity index (χ4n) is 1.34. The van der Waals surface area contributed by atoms with Crippen LogP contribution in [0.3, 0.4) is 0 Å². The van der Waals surface area contributed by atoms with Gasteiger partial charge in [-0.3, -0.25) is 9.59 Å². The zero-order chi connectivity index (χ0) is 13.8. The maximum atomic E-state index is 11.7. The van der Waals surface area contributed by atoms with Crippen LogP contribution >= 0.6 is 0 Å². The summed E-state index contributed by atoms with van der Waals surface area (Å²) in [6, 6.07) is 0. The summed E-state index contributed by atoms with van der Waals surface area (Å²) in [4.78, 5) is 35.3. The van der Waals surface area contributed by atoms with Crippen molar-refractivity contribution in [1.82, 2.24) is 10.2 Å². The highest BCUT2D eigenvalue weighted by Gasteiger charge is 2.23. The Kier molecular flexibility index (Phi) is 4.52. The average Bonchev–Trinajstić information content (AvgIpc) is 2.23. The number of amides is 2. The molecule has 102 valence electrons. The van der Waals surface area contributed by atoms with Gasteiger partial charge in [0.15, 0.2) is 0 Å². The molecule has 1 N–H and O–H groups in total. The van der Waals surface area contributed by atoms with Gasteiger partial charge < -0.3 is 19.7 Å². The number of nitrogens with zero attached hydrogens (tertiary/aromatic N) is 1. The number of hydrogen-bond acceptors (Lipinski definition) is 5. The number of carbonyl (C=O) groups is 3. The van der Waals surface area contributed by atoms with Gasteiger partial charge in [0.05, 0.1) is 6.54 Å². The molecule has 1 saturated heterocycles. The molecule has 0 aromatic carbocycles. The third-order valence-electron chi connectivity index (χ3n) is 2.08. The molecule has 0 aromatic rings. The lowest BCUT2D eigenvalue weighted by atomic mass is 10.2. The summed E-state index contributed by atoms with van der Waals surface area (Å²) >= 11 is 0. The molecule has 0 spiro atoms. The molecule has 0 aromatic heterocycles. The van der Waals surface area contributed by atoms with Gasteiger partial charge in [-0.2, -0.15) is 0 Å². The van der Waals surface area contributed by atoms with Crippen molar-refractivity contribution < 1.29 is 23.9 Å². The molecule has 2 amide bonds. The number of cyclic esters (lactones) is 1. The van der Waals surface area contributed by atoms with Crippen molar-refractivity contribution in [2.75, 3.05) is 26.2 Å². The number of rotatable bonds is 2. The van der Waals surface area contributed by atoms with E-state index in [1.54, 1.807) is 20.8 Å². The highest BCUT2D eigenvalue weighted by molar-refractivity contribution is 5.86. The van der Waals surface area contributed by atoms with Gasteiger partial charge in [0.1, 0.15) is 25.3 Å². The predicted octanol–water partition coefficient (Wildman–Crippen LogP) is -0.103. The molecule has 18 heavy (non-hydrogen) atoms. The normalized spacial score (nSPS) is 15.9. The minimum absolute atomic E-state index is 0.0746. The Morgan fingerprint density at radius 2 is 2.11 bits per heavy atom. The molecule has 1 rings (SSSR count). The zero-order valence-electron chi connectivity index (χ0n) is 10.8. The van der Waals surface area contributed by atoms with Gasteiger partial charge in [-0.1, -0.05) is 0 Å². The van der Waals surface area contributed by atoms with Crippen molar-refractivity contribution in [3.05, 3.63) is 0 Å². The van der Waals surface area contributed by atoms with E-state index in [2.05, 4.69) is 5.32 Å². The third kappa shape index (κ3) is 5.03. The van der Waals surface area contributed by atoms with Gasteiger partial charge >= 0.3 is 12.1 Å². The summed E-state index contributed by atoms with van der Waals surface area (Å²) < 4.78 is 9.69. The van der Waals surface area contributed by atoms with Crippen LogP contribution in [0.2, 0.25) is 0 Å². The van der Waals surface area contributed by atoms with Gasteiger partial charge in [0.25, 0.3) is 0 Å². The molecule has 0 saturated carbocycles. The lowest BCUT2D eigenvalue weighted by Crippen LogP contribution is -2.48. The van der Waals surface area contributed by atoms with Gasteiger partial charge in [-0.05, 0) is 20.8 Å². The predicted molar refractivity (Wildman–Crippen MR) is 61.8 cm³/mol. The van der Waals surface area contributed by atoms with Gasteiger partial charge in [0, 0.05) is 0 Å². The Hall–Kier alpha value is -1.79. The molecule has 7 nitrogen and oxygen atoms in total. The van der Waals surface area contributed by atoms with E-state index in [1.807, 2.05) is 0 Å². The van der Waals surface area contributed by atoms with Crippen LogP contribution in [0.4, 0.5) is 4.79 Å². The topological polar surface area (TPSA) is 84.9 Å². The van der Waals surface area contributed by atoms with Crippen molar-refractivity contribution in [2.45, 2.75) is 26.4 Å². The molecule has 0 aliphatic carbocycles. The van der Waals surface area contributed by atoms with E-state index in [1.165, 1.54) is 4.90 Å². The molecule has 1 aliphatic rings. The summed E-state index contributed by atoms with van der Waals surface area (Å²) in [6.45, 7) is 5.47.